The van der Waals surface area contributed by atoms with Crippen molar-refractivity contribution >= 4 is 55.5 Å². The largest absolute Gasteiger partial charge is 0.381 e. The minimum absolute atomic E-state index is 0.000754. The van der Waals surface area contributed by atoms with Gasteiger partial charge in [-0.1, -0.05) is 29.8 Å². The number of anilines is 1. The summed E-state index contributed by atoms with van der Waals surface area (Å²) in [4.78, 5) is 41.2. The van der Waals surface area contributed by atoms with Crippen molar-refractivity contribution in [1.82, 2.24) is 14.3 Å². The monoisotopic (exact) mass is 584 g/mol. The highest BCUT2D eigenvalue weighted by Crippen LogP contribution is 2.25. The number of hydrogen-bond donors (Lipinski definition) is 3. The molecule has 0 spiro atoms. The maximum atomic E-state index is 13.9. The lowest BCUT2D eigenvalue weighted by Crippen LogP contribution is -2.33. The van der Waals surface area contributed by atoms with Crippen LogP contribution in [0.15, 0.2) is 92.7 Å². The molecule has 0 saturated heterocycles. The first-order valence-electron chi connectivity index (χ1n) is 11.3. The van der Waals surface area contributed by atoms with Crippen LogP contribution < -0.4 is 21.3 Å². The maximum Gasteiger partial charge on any atom is 0.333 e. The van der Waals surface area contributed by atoms with E-state index in [4.69, 9.17) is 11.6 Å². The number of halogens is 2. The molecule has 0 aliphatic rings. The summed E-state index contributed by atoms with van der Waals surface area (Å²) in [5.41, 5.74) is 0.197. The summed E-state index contributed by atoms with van der Waals surface area (Å²) in [5.74, 6) is -1.24. The predicted molar refractivity (Wildman–Crippen MR) is 148 cm³/mol. The number of nitrogens with zero attached hydrogens (tertiary/aromatic N) is 1. The number of amides is 1. The van der Waals surface area contributed by atoms with E-state index in [9.17, 15) is 27.2 Å². The number of aromatic amines is 1. The SMILES string of the molecule is O=C(NS(=O)(=O)c1ccc(Cl)s1)c1ccc(-n2c(=O)[nH]c3cc(NCc4ccccc4F)ccc3c2=O)cc1. The second kappa shape index (κ2) is 10.5. The van der Waals surface area contributed by atoms with Gasteiger partial charge in [0.1, 0.15) is 10.0 Å². The lowest BCUT2D eigenvalue weighted by molar-refractivity contribution is 0.0981. The molecule has 2 aromatic heterocycles. The van der Waals surface area contributed by atoms with Gasteiger partial charge in [0.05, 0.1) is 20.9 Å². The van der Waals surface area contributed by atoms with E-state index in [-0.39, 0.29) is 43.1 Å². The van der Waals surface area contributed by atoms with Crippen molar-refractivity contribution in [1.29, 1.82) is 0 Å². The summed E-state index contributed by atoms with van der Waals surface area (Å²) in [6, 6.07) is 19.1. The average molecular weight is 585 g/mol. The molecule has 0 radical (unpaired) electrons. The Morgan fingerprint density at radius 3 is 2.44 bits per heavy atom. The third kappa shape index (κ3) is 5.48. The lowest BCUT2D eigenvalue weighted by Gasteiger charge is -2.10. The van der Waals surface area contributed by atoms with Crippen molar-refractivity contribution < 1.29 is 17.6 Å². The highest BCUT2D eigenvalue weighted by Gasteiger charge is 2.21. The highest BCUT2D eigenvalue weighted by molar-refractivity contribution is 7.92. The number of rotatable bonds is 7. The quantitative estimate of drug-likeness (QED) is 0.262. The molecule has 0 saturated carbocycles. The number of benzene rings is 3. The first kappa shape index (κ1) is 26.4. The molecule has 198 valence electrons. The third-order valence-corrected chi connectivity index (χ3v) is 8.82. The Balaban J connectivity index is 1.38. The van der Waals surface area contributed by atoms with E-state index in [1.54, 1.807) is 30.3 Å². The molecule has 3 N–H and O–H groups in total. The third-order valence-electron chi connectivity index (χ3n) is 5.77. The second-order valence-electron chi connectivity index (χ2n) is 8.32. The van der Waals surface area contributed by atoms with Crippen LogP contribution in [0.4, 0.5) is 10.1 Å². The minimum Gasteiger partial charge on any atom is -0.381 e. The fourth-order valence-electron chi connectivity index (χ4n) is 3.84. The van der Waals surface area contributed by atoms with Gasteiger partial charge in [0.2, 0.25) is 0 Å². The standard InChI is InChI=1S/C26H18ClFN4O5S2/c27-22-11-12-23(38-22)39(36,37)31-24(33)15-5-8-18(9-6-15)32-25(34)19-10-7-17(13-21(19)30-26(32)35)29-14-16-3-1-2-4-20(16)28/h1-13,29H,14H2,(H,30,35)(H,31,33). The Labute approximate surface area is 229 Å². The Kier molecular flexibility index (Phi) is 7.08. The van der Waals surface area contributed by atoms with Gasteiger partial charge < -0.3 is 10.3 Å². The van der Waals surface area contributed by atoms with Gasteiger partial charge >= 0.3 is 5.69 Å². The molecule has 0 unspecified atom stereocenters. The smallest absolute Gasteiger partial charge is 0.333 e. The molecule has 5 rings (SSSR count). The predicted octanol–water partition coefficient (Wildman–Crippen LogP) is 4.26. The Morgan fingerprint density at radius 1 is 1.00 bits per heavy atom. The van der Waals surface area contributed by atoms with Crippen LogP contribution in [0.3, 0.4) is 0 Å². The number of carbonyl (C=O) groups excluding carboxylic acids is 1. The minimum atomic E-state index is -4.11. The highest BCUT2D eigenvalue weighted by atomic mass is 35.5. The van der Waals surface area contributed by atoms with Crippen molar-refractivity contribution in [2.45, 2.75) is 10.8 Å². The number of hydrogen-bond acceptors (Lipinski definition) is 7. The van der Waals surface area contributed by atoms with E-state index in [0.717, 1.165) is 15.9 Å². The fraction of sp³-hybridized carbons (Fsp3) is 0.0385. The van der Waals surface area contributed by atoms with Gasteiger partial charge in [-0.3, -0.25) is 9.59 Å². The molecular weight excluding hydrogens is 567 g/mol. The van der Waals surface area contributed by atoms with Crippen molar-refractivity contribution in [2.24, 2.45) is 0 Å². The number of fused-ring (bicyclic) bond motifs is 1. The Morgan fingerprint density at radius 2 is 1.74 bits per heavy atom. The zero-order valence-electron chi connectivity index (χ0n) is 19.8. The van der Waals surface area contributed by atoms with Crippen LogP contribution in [0, 0.1) is 5.82 Å². The van der Waals surface area contributed by atoms with Crippen LogP contribution in [0.5, 0.6) is 0 Å². The van der Waals surface area contributed by atoms with Gasteiger partial charge in [-0.05, 0) is 60.7 Å². The van der Waals surface area contributed by atoms with Gasteiger partial charge in [0.15, 0.2) is 0 Å². The van der Waals surface area contributed by atoms with Gasteiger partial charge in [-0.25, -0.2) is 26.9 Å². The molecule has 9 nitrogen and oxygen atoms in total. The van der Waals surface area contributed by atoms with Crippen LogP contribution in [0.25, 0.3) is 16.6 Å². The molecule has 5 aromatic rings. The maximum absolute atomic E-state index is 13.9. The van der Waals surface area contributed by atoms with E-state index >= 15 is 0 Å². The molecule has 0 aliphatic carbocycles. The molecule has 2 heterocycles. The second-order valence-corrected chi connectivity index (χ2v) is 11.9. The molecule has 3 aromatic carbocycles. The zero-order chi connectivity index (χ0) is 27.7. The summed E-state index contributed by atoms with van der Waals surface area (Å²) in [6.07, 6.45) is 0. The summed E-state index contributed by atoms with van der Waals surface area (Å²) in [5, 5.41) is 3.30. The number of sulfonamides is 1. The first-order valence-corrected chi connectivity index (χ1v) is 14.0. The van der Waals surface area contributed by atoms with Gasteiger partial charge in [0, 0.05) is 23.4 Å². The van der Waals surface area contributed by atoms with Crippen LogP contribution in [0.1, 0.15) is 15.9 Å². The molecule has 1 amide bonds. The van der Waals surface area contributed by atoms with E-state index in [0.29, 0.717) is 11.3 Å². The molecule has 0 bridgehead atoms. The van der Waals surface area contributed by atoms with Crippen LogP contribution in [-0.2, 0) is 16.6 Å². The molecule has 0 fully saturated rings. The van der Waals surface area contributed by atoms with Gasteiger partial charge in [-0.15, -0.1) is 11.3 Å². The van der Waals surface area contributed by atoms with Crippen molar-refractivity contribution in [3.05, 3.63) is 121 Å². The van der Waals surface area contributed by atoms with E-state index in [1.807, 2.05) is 4.72 Å². The van der Waals surface area contributed by atoms with Crippen LogP contribution >= 0.6 is 22.9 Å². The van der Waals surface area contributed by atoms with E-state index < -0.39 is 27.2 Å². The molecule has 0 atom stereocenters. The Hall–Kier alpha value is -4.26. The van der Waals surface area contributed by atoms with E-state index in [1.165, 1.54) is 48.5 Å². The number of aromatic nitrogens is 2. The fourth-order valence-corrected chi connectivity index (χ4v) is 6.29. The first-order chi connectivity index (χ1) is 18.6. The van der Waals surface area contributed by atoms with Crippen LogP contribution in [-0.4, -0.2) is 23.9 Å². The number of thiophene rings is 1. The zero-order valence-corrected chi connectivity index (χ0v) is 22.2. The summed E-state index contributed by atoms with van der Waals surface area (Å²) < 4.78 is 41.7. The summed E-state index contributed by atoms with van der Waals surface area (Å²) in [6.45, 7) is 0.210. The van der Waals surface area contributed by atoms with Crippen molar-refractivity contribution in [2.75, 3.05) is 5.32 Å². The lowest BCUT2D eigenvalue weighted by atomic mass is 10.1. The molecule has 39 heavy (non-hydrogen) atoms. The summed E-state index contributed by atoms with van der Waals surface area (Å²) in [7, 11) is -4.11. The normalized spacial score (nSPS) is 11.4. The summed E-state index contributed by atoms with van der Waals surface area (Å²) >= 11 is 6.58. The molecule has 0 aliphatic heterocycles. The molecule has 13 heteroatoms. The Bertz CT molecular complexity index is 1950. The van der Waals surface area contributed by atoms with E-state index in [2.05, 4.69) is 10.3 Å². The topological polar surface area (TPSA) is 130 Å². The number of nitrogens with one attached hydrogen (secondary N) is 3. The number of H-pyrrole nitrogens is 1. The van der Waals surface area contributed by atoms with Crippen LogP contribution in [0.2, 0.25) is 4.34 Å². The van der Waals surface area contributed by atoms with Crippen molar-refractivity contribution in [3.63, 3.8) is 0 Å². The van der Waals surface area contributed by atoms with Gasteiger partial charge in [0.25, 0.3) is 21.5 Å². The average Bonchev–Trinajstić information content (AvgIpc) is 3.35. The number of carbonyl (C=O) groups is 1. The van der Waals surface area contributed by atoms with Crippen molar-refractivity contribution in [3.8, 4) is 5.69 Å². The molecular formula is C26H18ClFN4O5S2. The van der Waals surface area contributed by atoms with Gasteiger partial charge in [-0.2, -0.15) is 0 Å².